The Labute approximate surface area is 119 Å². The third-order valence-corrected chi connectivity index (χ3v) is 3.24. The maximum atomic E-state index is 13.7. The van der Waals surface area contributed by atoms with Gasteiger partial charge in [-0.25, -0.2) is 4.39 Å². The van der Waals surface area contributed by atoms with Gasteiger partial charge in [0.2, 0.25) is 0 Å². The molecule has 0 aromatic heterocycles. The first-order valence-corrected chi connectivity index (χ1v) is 6.74. The van der Waals surface area contributed by atoms with Gasteiger partial charge in [-0.05, 0) is 49.6 Å². The number of para-hydroxylation sites is 1. The van der Waals surface area contributed by atoms with Gasteiger partial charge in [0.15, 0.2) is 0 Å². The van der Waals surface area contributed by atoms with Crippen molar-refractivity contribution in [2.24, 2.45) is 0 Å². The molecule has 2 aromatic rings. The van der Waals surface area contributed by atoms with Gasteiger partial charge in [-0.1, -0.05) is 24.3 Å². The second-order valence-corrected chi connectivity index (χ2v) is 5.04. The third kappa shape index (κ3) is 3.50. The molecule has 0 bridgehead atoms. The summed E-state index contributed by atoms with van der Waals surface area (Å²) in [5.41, 5.74) is 2.70. The Morgan fingerprint density at radius 2 is 1.95 bits per heavy atom. The van der Waals surface area contributed by atoms with E-state index in [0.717, 1.165) is 23.3 Å². The van der Waals surface area contributed by atoms with Crippen molar-refractivity contribution in [2.75, 3.05) is 12.4 Å². The normalized spacial score (nSPS) is 12.0. The van der Waals surface area contributed by atoms with E-state index in [-0.39, 0.29) is 11.9 Å². The highest BCUT2D eigenvalue weighted by Crippen LogP contribution is 2.21. The van der Waals surface area contributed by atoms with Gasteiger partial charge in [0.1, 0.15) is 11.6 Å². The molecule has 0 saturated carbocycles. The van der Waals surface area contributed by atoms with Crippen LogP contribution in [0.25, 0.3) is 0 Å². The minimum absolute atomic E-state index is 0.114. The molecule has 20 heavy (non-hydrogen) atoms. The van der Waals surface area contributed by atoms with E-state index in [1.807, 2.05) is 44.2 Å². The number of hydrogen-bond acceptors (Lipinski definition) is 2. The first kappa shape index (κ1) is 14.4. The van der Waals surface area contributed by atoms with Crippen molar-refractivity contribution in [1.82, 2.24) is 0 Å². The van der Waals surface area contributed by atoms with Crippen LogP contribution in [0.2, 0.25) is 0 Å². The van der Waals surface area contributed by atoms with Crippen molar-refractivity contribution >= 4 is 5.69 Å². The molecule has 2 aromatic carbocycles. The Bertz CT molecular complexity index is 583. The summed E-state index contributed by atoms with van der Waals surface area (Å²) >= 11 is 0. The SMILES string of the molecule is COc1ccccc1CC(C)Nc1cc(C)ccc1F. The summed E-state index contributed by atoms with van der Waals surface area (Å²) in [6.45, 7) is 3.99. The van der Waals surface area contributed by atoms with Gasteiger partial charge in [-0.15, -0.1) is 0 Å². The summed E-state index contributed by atoms with van der Waals surface area (Å²) < 4.78 is 19.1. The molecule has 1 N–H and O–H groups in total. The fourth-order valence-electron chi connectivity index (χ4n) is 2.27. The van der Waals surface area contributed by atoms with E-state index in [1.165, 1.54) is 6.07 Å². The molecule has 0 radical (unpaired) electrons. The van der Waals surface area contributed by atoms with E-state index in [4.69, 9.17) is 4.74 Å². The van der Waals surface area contributed by atoms with Crippen molar-refractivity contribution in [1.29, 1.82) is 0 Å². The quantitative estimate of drug-likeness (QED) is 0.882. The lowest BCUT2D eigenvalue weighted by molar-refractivity contribution is 0.409. The van der Waals surface area contributed by atoms with Crippen molar-refractivity contribution < 1.29 is 9.13 Å². The fraction of sp³-hybridized carbons (Fsp3) is 0.294. The average Bonchev–Trinajstić information content (AvgIpc) is 2.43. The molecular weight excluding hydrogens is 253 g/mol. The van der Waals surface area contributed by atoms with Gasteiger partial charge in [0, 0.05) is 6.04 Å². The van der Waals surface area contributed by atoms with Crippen molar-refractivity contribution in [3.63, 3.8) is 0 Å². The predicted molar refractivity (Wildman–Crippen MR) is 80.9 cm³/mol. The minimum atomic E-state index is -0.220. The number of hydrogen-bond donors (Lipinski definition) is 1. The Balaban J connectivity index is 2.09. The topological polar surface area (TPSA) is 21.3 Å². The zero-order valence-electron chi connectivity index (χ0n) is 12.1. The molecule has 0 saturated heterocycles. The van der Waals surface area contributed by atoms with Gasteiger partial charge in [0.25, 0.3) is 0 Å². The molecule has 3 heteroatoms. The van der Waals surface area contributed by atoms with Gasteiger partial charge in [0.05, 0.1) is 12.8 Å². The third-order valence-electron chi connectivity index (χ3n) is 3.24. The summed E-state index contributed by atoms with van der Waals surface area (Å²) in [4.78, 5) is 0. The first-order valence-electron chi connectivity index (χ1n) is 6.74. The number of nitrogens with one attached hydrogen (secondary N) is 1. The largest absolute Gasteiger partial charge is 0.496 e. The Morgan fingerprint density at radius 1 is 1.20 bits per heavy atom. The van der Waals surface area contributed by atoms with E-state index in [9.17, 15) is 4.39 Å². The second-order valence-electron chi connectivity index (χ2n) is 5.04. The number of rotatable bonds is 5. The molecule has 0 heterocycles. The van der Waals surface area contributed by atoms with Crippen molar-refractivity contribution in [2.45, 2.75) is 26.3 Å². The minimum Gasteiger partial charge on any atom is -0.496 e. The second kappa shape index (κ2) is 6.42. The van der Waals surface area contributed by atoms with Crippen LogP contribution >= 0.6 is 0 Å². The van der Waals surface area contributed by atoms with E-state index in [1.54, 1.807) is 13.2 Å². The highest BCUT2D eigenvalue weighted by Gasteiger charge is 2.10. The molecule has 2 nitrogen and oxygen atoms in total. The molecule has 1 unspecified atom stereocenters. The summed E-state index contributed by atoms with van der Waals surface area (Å²) in [6, 6.07) is 13.1. The van der Waals surface area contributed by atoms with Gasteiger partial charge >= 0.3 is 0 Å². The lowest BCUT2D eigenvalue weighted by atomic mass is 10.1. The summed E-state index contributed by atoms with van der Waals surface area (Å²) in [7, 11) is 1.66. The number of benzene rings is 2. The van der Waals surface area contributed by atoms with Gasteiger partial charge in [-0.2, -0.15) is 0 Å². The van der Waals surface area contributed by atoms with Crippen LogP contribution in [0.15, 0.2) is 42.5 Å². The predicted octanol–water partition coefficient (Wildman–Crippen LogP) is 4.19. The van der Waals surface area contributed by atoms with Crippen molar-refractivity contribution in [3.8, 4) is 5.75 Å². The van der Waals surface area contributed by atoms with Crippen LogP contribution in [0.3, 0.4) is 0 Å². The number of methoxy groups -OCH3 is 1. The molecule has 0 aliphatic rings. The molecule has 1 atom stereocenters. The van der Waals surface area contributed by atoms with E-state index in [0.29, 0.717) is 5.69 Å². The molecule has 0 fully saturated rings. The Kier molecular flexibility index (Phi) is 4.61. The number of aryl methyl sites for hydroxylation is 1. The van der Waals surface area contributed by atoms with Crippen LogP contribution in [0, 0.1) is 12.7 Å². The van der Waals surface area contributed by atoms with Gasteiger partial charge < -0.3 is 10.1 Å². The highest BCUT2D eigenvalue weighted by molar-refractivity contribution is 5.48. The van der Waals surface area contributed by atoms with Crippen LogP contribution in [0.4, 0.5) is 10.1 Å². The molecule has 106 valence electrons. The monoisotopic (exact) mass is 273 g/mol. The standard InChI is InChI=1S/C17H20FNO/c1-12-8-9-15(18)16(10-12)19-13(2)11-14-6-4-5-7-17(14)20-3/h4-10,13,19H,11H2,1-3H3. The van der Waals surface area contributed by atoms with Crippen LogP contribution in [0.1, 0.15) is 18.1 Å². The van der Waals surface area contributed by atoms with Crippen molar-refractivity contribution in [3.05, 3.63) is 59.4 Å². The van der Waals surface area contributed by atoms with E-state index in [2.05, 4.69) is 5.32 Å². The Hall–Kier alpha value is -2.03. The lowest BCUT2D eigenvalue weighted by Gasteiger charge is -2.17. The number of ether oxygens (including phenoxy) is 1. The molecule has 2 rings (SSSR count). The van der Waals surface area contributed by atoms with E-state index < -0.39 is 0 Å². The molecular formula is C17H20FNO. The summed E-state index contributed by atoms with van der Waals surface area (Å²) in [5, 5.41) is 3.22. The number of halogens is 1. The fourth-order valence-corrected chi connectivity index (χ4v) is 2.27. The first-order chi connectivity index (χ1) is 9.60. The van der Waals surface area contributed by atoms with E-state index >= 15 is 0 Å². The lowest BCUT2D eigenvalue weighted by Crippen LogP contribution is -2.19. The summed E-state index contributed by atoms with van der Waals surface area (Å²) in [6.07, 6.45) is 0.775. The van der Waals surface area contributed by atoms with Gasteiger partial charge in [-0.3, -0.25) is 0 Å². The zero-order valence-corrected chi connectivity index (χ0v) is 12.1. The maximum absolute atomic E-state index is 13.7. The average molecular weight is 273 g/mol. The molecule has 0 aliphatic heterocycles. The Morgan fingerprint density at radius 3 is 2.70 bits per heavy atom. The summed E-state index contributed by atoms with van der Waals surface area (Å²) in [5.74, 6) is 0.647. The van der Waals surface area contributed by atoms with Crippen LogP contribution in [-0.4, -0.2) is 13.2 Å². The smallest absolute Gasteiger partial charge is 0.146 e. The van der Waals surface area contributed by atoms with Crippen LogP contribution in [0.5, 0.6) is 5.75 Å². The molecule has 0 aliphatic carbocycles. The molecule has 0 spiro atoms. The molecule has 0 amide bonds. The zero-order chi connectivity index (χ0) is 14.5. The highest BCUT2D eigenvalue weighted by atomic mass is 19.1. The number of anilines is 1. The van der Waals surface area contributed by atoms with Crippen LogP contribution < -0.4 is 10.1 Å². The maximum Gasteiger partial charge on any atom is 0.146 e. The van der Waals surface area contributed by atoms with Crippen LogP contribution in [-0.2, 0) is 6.42 Å².